The molecule has 11 nitrogen and oxygen atoms in total. The second kappa shape index (κ2) is 9.36. The van der Waals surface area contributed by atoms with E-state index in [4.69, 9.17) is 0 Å². The fourth-order valence-corrected chi connectivity index (χ4v) is 5.76. The van der Waals surface area contributed by atoms with Crippen molar-refractivity contribution in [1.29, 1.82) is 0 Å². The Morgan fingerprint density at radius 3 is 2.36 bits per heavy atom. The molecule has 1 aromatic rings. The number of aliphatic carboxylic acids is 1. The van der Waals surface area contributed by atoms with Gasteiger partial charge in [0.25, 0.3) is 11.8 Å². The van der Waals surface area contributed by atoms with Gasteiger partial charge in [0.1, 0.15) is 6.04 Å². The van der Waals surface area contributed by atoms with E-state index in [9.17, 15) is 33.9 Å². The van der Waals surface area contributed by atoms with Gasteiger partial charge >= 0.3 is 5.97 Å². The molecule has 2 saturated heterocycles. The van der Waals surface area contributed by atoms with E-state index in [0.29, 0.717) is 44.3 Å². The van der Waals surface area contributed by atoms with Gasteiger partial charge in [-0.2, -0.15) is 0 Å². The number of fused-ring (bicyclic) bond motifs is 1. The van der Waals surface area contributed by atoms with Gasteiger partial charge in [0.2, 0.25) is 17.7 Å². The van der Waals surface area contributed by atoms with Gasteiger partial charge in [0.15, 0.2) is 0 Å². The van der Waals surface area contributed by atoms with Crippen molar-refractivity contribution >= 4 is 41.2 Å². The predicted octanol–water partition coefficient (Wildman–Crippen LogP) is 0.992. The first-order valence-corrected chi connectivity index (χ1v) is 12.4. The van der Waals surface area contributed by atoms with E-state index in [2.05, 4.69) is 10.6 Å². The average molecular weight is 497 g/mol. The van der Waals surface area contributed by atoms with Crippen molar-refractivity contribution in [1.82, 2.24) is 15.1 Å². The maximum atomic E-state index is 13.3. The van der Waals surface area contributed by atoms with Crippen LogP contribution in [0.4, 0.5) is 5.69 Å². The summed E-state index contributed by atoms with van der Waals surface area (Å²) in [5.41, 5.74) is 0.960. The zero-order valence-electron chi connectivity index (χ0n) is 19.7. The van der Waals surface area contributed by atoms with E-state index >= 15 is 0 Å². The van der Waals surface area contributed by atoms with Gasteiger partial charge in [0.05, 0.1) is 17.0 Å². The number of nitrogens with zero attached hydrogens (tertiary/aromatic N) is 2. The minimum atomic E-state index is -1.02. The minimum Gasteiger partial charge on any atom is -0.481 e. The molecule has 2 atom stereocenters. The second-order valence-corrected chi connectivity index (χ2v) is 9.98. The van der Waals surface area contributed by atoms with Crippen molar-refractivity contribution in [2.45, 2.75) is 57.0 Å². The van der Waals surface area contributed by atoms with Crippen molar-refractivity contribution in [2.24, 2.45) is 11.8 Å². The Labute approximate surface area is 207 Å². The molecule has 3 heterocycles. The molecule has 1 aromatic carbocycles. The summed E-state index contributed by atoms with van der Waals surface area (Å²) < 4.78 is 0. The third-order valence-electron chi connectivity index (χ3n) is 7.75. The lowest BCUT2D eigenvalue weighted by molar-refractivity contribution is -0.142. The molecule has 1 saturated carbocycles. The molecule has 190 valence electrons. The summed E-state index contributed by atoms with van der Waals surface area (Å²) in [6, 6.07) is 3.95. The highest BCUT2D eigenvalue weighted by atomic mass is 16.4. The molecule has 1 aliphatic carbocycles. The highest BCUT2D eigenvalue weighted by Gasteiger charge is 2.46. The van der Waals surface area contributed by atoms with Crippen LogP contribution >= 0.6 is 0 Å². The molecule has 0 aromatic heterocycles. The van der Waals surface area contributed by atoms with Crippen molar-refractivity contribution in [3.63, 3.8) is 0 Å². The quantitative estimate of drug-likeness (QED) is 0.510. The first-order chi connectivity index (χ1) is 17.2. The first kappa shape index (κ1) is 24.0. The number of carbonyl (C=O) groups is 6. The Morgan fingerprint density at radius 1 is 0.944 bits per heavy atom. The molecular formula is C25H28N4O7. The van der Waals surface area contributed by atoms with Crippen LogP contribution in [0.5, 0.6) is 0 Å². The number of imide groups is 2. The standard InChI is InChI=1S/C25H28N4O7/c30-19-9-8-18(21(31)27-19)29-23(33)16-2-1-3-17(20(16)24(29)34)26-15-6-4-13(5-7-15)22(32)28-11-10-14(12-28)25(35)36/h1-3,13-15,18,26H,4-12H2,(H,35,36)(H,27,30,31). The Morgan fingerprint density at radius 2 is 1.69 bits per heavy atom. The number of nitrogens with one attached hydrogen (secondary N) is 2. The SMILES string of the molecule is O=C1CCC(N2C(=O)c3cccc(NC4CCC(C(=O)N5CCC(C(=O)O)C5)CC4)c3C2=O)C(=O)N1. The number of anilines is 1. The molecule has 11 heteroatoms. The summed E-state index contributed by atoms with van der Waals surface area (Å²) in [4.78, 5) is 76.8. The molecule has 36 heavy (non-hydrogen) atoms. The Bertz CT molecular complexity index is 1160. The number of carboxylic acids is 1. The normalized spacial score (nSPS) is 28.2. The molecule has 0 radical (unpaired) electrons. The topological polar surface area (TPSA) is 153 Å². The number of amides is 5. The van der Waals surface area contributed by atoms with Crippen LogP contribution in [-0.4, -0.2) is 75.6 Å². The van der Waals surface area contributed by atoms with Crippen LogP contribution in [0.15, 0.2) is 18.2 Å². The Kier molecular flexibility index (Phi) is 6.23. The highest BCUT2D eigenvalue weighted by Crippen LogP contribution is 2.35. The van der Waals surface area contributed by atoms with E-state index in [1.54, 1.807) is 23.1 Å². The zero-order chi connectivity index (χ0) is 25.6. The van der Waals surface area contributed by atoms with Crippen molar-refractivity contribution in [3.8, 4) is 0 Å². The molecule has 5 rings (SSSR count). The van der Waals surface area contributed by atoms with Gasteiger partial charge in [-0.25, -0.2) is 0 Å². The number of carbonyl (C=O) groups excluding carboxylic acids is 5. The fourth-order valence-electron chi connectivity index (χ4n) is 5.76. The van der Waals surface area contributed by atoms with Crippen LogP contribution < -0.4 is 10.6 Å². The van der Waals surface area contributed by atoms with Gasteiger partial charge < -0.3 is 15.3 Å². The number of piperidine rings is 1. The van der Waals surface area contributed by atoms with Crippen LogP contribution in [0.3, 0.4) is 0 Å². The van der Waals surface area contributed by atoms with E-state index in [1.807, 2.05) is 0 Å². The van der Waals surface area contributed by atoms with Gasteiger partial charge in [-0.1, -0.05) is 6.07 Å². The van der Waals surface area contributed by atoms with Crippen LogP contribution in [0.1, 0.15) is 65.7 Å². The number of hydrogen-bond acceptors (Lipinski definition) is 7. The molecule has 3 aliphatic heterocycles. The largest absolute Gasteiger partial charge is 0.481 e. The maximum absolute atomic E-state index is 13.3. The van der Waals surface area contributed by atoms with E-state index in [-0.39, 0.29) is 48.4 Å². The molecule has 0 spiro atoms. The molecular weight excluding hydrogens is 468 g/mol. The molecule has 3 fully saturated rings. The van der Waals surface area contributed by atoms with Crippen molar-refractivity contribution < 1.29 is 33.9 Å². The minimum absolute atomic E-state index is 0.00144. The van der Waals surface area contributed by atoms with Crippen LogP contribution in [-0.2, 0) is 19.2 Å². The third-order valence-corrected chi connectivity index (χ3v) is 7.75. The van der Waals surface area contributed by atoms with Crippen LogP contribution in [0.2, 0.25) is 0 Å². The van der Waals surface area contributed by atoms with Crippen LogP contribution in [0, 0.1) is 11.8 Å². The Balaban J connectivity index is 1.23. The van der Waals surface area contributed by atoms with Gasteiger partial charge in [-0.3, -0.25) is 39.0 Å². The smallest absolute Gasteiger partial charge is 0.308 e. The van der Waals surface area contributed by atoms with Crippen LogP contribution in [0.25, 0.3) is 0 Å². The number of likely N-dealkylation sites (tertiary alicyclic amines) is 1. The van der Waals surface area contributed by atoms with Gasteiger partial charge in [-0.15, -0.1) is 0 Å². The number of benzene rings is 1. The van der Waals surface area contributed by atoms with E-state index in [1.165, 1.54) is 0 Å². The van der Waals surface area contributed by atoms with Crippen molar-refractivity contribution in [2.75, 3.05) is 18.4 Å². The fraction of sp³-hybridized carbons (Fsp3) is 0.520. The summed E-state index contributed by atoms with van der Waals surface area (Å²) in [5, 5.41) is 14.8. The average Bonchev–Trinajstić information content (AvgIpc) is 3.44. The number of rotatable bonds is 5. The third kappa shape index (κ3) is 4.22. The molecule has 2 unspecified atom stereocenters. The molecule has 5 amide bonds. The summed E-state index contributed by atoms with van der Waals surface area (Å²) in [7, 11) is 0. The molecule has 3 N–H and O–H groups in total. The van der Waals surface area contributed by atoms with E-state index < -0.39 is 41.6 Å². The van der Waals surface area contributed by atoms with Gasteiger partial charge in [0, 0.05) is 37.2 Å². The summed E-state index contributed by atoms with van der Waals surface area (Å²) >= 11 is 0. The lowest BCUT2D eigenvalue weighted by Crippen LogP contribution is -2.54. The zero-order valence-corrected chi connectivity index (χ0v) is 19.7. The lowest BCUT2D eigenvalue weighted by atomic mass is 9.85. The predicted molar refractivity (Wildman–Crippen MR) is 125 cm³/mol. The van der Waals surface area contributed by atoms with E-state index in [0.717, 1.165) is 4.90 Å². The molecule has 4 aliphatic rings. The number of hydrogen-bond donors (Lipinski definition) is 3. The highest BCUT2D eigenvalue weighted by molar-refractivity contribution is 6.25. The van der Waals surface area contributed by atoms with Crippen molar-refractivity contribution in [3.05, 3.63) is 29.3 Å². The maximum Gasteiger partial charge on any atom is 0.308 e. The first-order valence-electron chi connectivity index (χ1n) is 12.4. The lowest BCUT2D eigenvalue weighted by Gasteiger charge is -2.31. The summed E-state index contributed by atoms with van der Waals surface area (Å²) in [5.74, 6) is -3.67. The summed E-state index contributed by atoms with van der Waals surface area (Å²) in [6.07, 6.45) is 3.32. The Hall–Kier alpha value is -3.76. The number of carboxylic acid groups (broad SMARTS) is 1. The monoisotopic (exact) mass is 496 g/mol. The van der Waals surface area contributed by atoms with Gasteiger partial charge in [-0.05, 0) is 50.7 Å². The second-order valence-electron chi connectivity index (χ2n) is 9.98. The summed E-state index contributed by atoms with van der Waals surface area (Å²) in [6.45, 7) is 0.742. The molecule has 0 bridgehead atoms.